The molecule has 2 N–H and O–H groups in total. The summed E-state index contributed by atoms with van der Waals surface area (Å²) >= 11 is 0. The van der Waals surface area contributed by atoms with Gasteiger partial charge in [0.05, 0.1) is 11.5 Å². The number of hydrogen-bond acceptors (Lipinski definition) is 4. The van der Waals surface area contributed by atoms with E-state index in [2.05, 4.69) is 24.5 Å². The minimum atomic E-state index is -0.916. The van der Waals surface area contributed by atoms with Crippen LogP contribution in [-0.2, 0) is 4.79 Å². The third-order valence-corrected chi connectivity index (χ3v) is 3.46. The van der Waals surface area contributed by atoms with Crippen molar-refractivity contribution in [3.8, 4) is 0 Å². The van der Waals surface area contributed by atoms with Crippen molar-refractivity contribution in [2.75, 3.05) is 17.2 Å². The third kappa shape index (κ3) is 4.52. The second-order valence-electron chi connectivity index (χ2n) is 5.60. The number of carbonyl (C=O) groups excluding carboxylic acids is 1. The standard InChI is InChI=1S/C17H18FN3O3/c1-11(2)12-3-5-13(6-4-12)20-17(22)10-19-14-7-8-15(18)16(9-14)21(23)24/h3-9,11,19H,10H2,1-2H3,(H,20,22). The van der Waals surface area contributed by atoms with Crippen LogP contribution in [0.4, 0.5) is 21.5 Å². The molecular formula is C17H18FN3O3. The number of hydrogen-bond donors (Lipinski definition) is 2. The summed E-state index contributed by atoms with van der Waals surface area (Å²) < 4.78 is 13.2. The van der Waals surface area contributed by atoms with Crippen molar-refractivity contribution in [1.82, 2.24) is 0 Å². The molecule has 0 aliphatic rings. The number of anilines is 2. The van der Waals surface area contributed by atoms with E-state index in [9.17, 15) is 19.3 Å². The third-order valence-electron chi connectivity index (χ3n) is 3.46. The van der Waals surface area contributed by atoms with Crippen LogP contribution in [0, 0.1) is 15.9 Å². The van der Waals surface area contributed by atoms with Gasteiger partial charge in [0.2, 0.25) is 11.7 Å². The fourth-order valence-electron chi connectivity index (χ4n) is 2.10. The zero-order chi connectivity index (χ0) is 17.7. The first-order valence-corrected chi connectivity index (χ1v) is 7.44. The van der Waals surface area contributed by atoms with E-state index in [4.69, 9.17) is 0 Å². The molecule has 0 unspecified atom stereocenters. The van der Waals surface area contributed by atoms with Crippen LogP contribution in [0.5, 0.6) is 0 Å². The Balaban J connectivity index is 1.93. The van der Waals surface area contributed by atoms with Gasteiger partial charge in [0, 0.05) is 17.4 Å². The lowest BCUT2D eigenvalue weighted by molar-refractivity contribution is -0.387. The Labute approximate surface area is 138 Å². The molecule has 2 aromatic rings. The number of nitrogens with one attached hydrogen (secondary N) is 2. The minimum absolute atomic E-state index is 0.0886. The SMILES string of the molecule is CC(C)c1ccc(NC(=O)CNc2ccc(F)c([N+](=O)[O-])c2)cc1. The molecule has 0 saturated carbocycles. The number of nitrogens with zero attached hydrogens (tertiary/aromatic N) is 1. The van der Waals surface area contributed by atoms with Gasteiger partial charge < -0.3 is 10.6 Å². The maximum Gasteiger partial charge on any atom is 0.306 e. The summed E-state index contributed by atoms with van der Waals surface area (Å²) in [5.74, 6) is -0.815. The van der Waals surface area contributed by atoms with Crippen LogP contribution in [0.3, 0.4) is 0 Å². The Bertz CT molecular complexity index is 745. The number of halogens is 1. The van der Waals surface area contributed by atoms with Crippen LogP contribution in [0.1, 0.15) is 25.3 Å². The quantitative estimate of drug-likeness (QED) is 0.621. The van der Waals surface area contributed by atoms with Crippen LogP contribution in [-0.4, -0.2) is 17.4 Å². The van der Waals surface area contributed by atoms with Gasteiger partial charge in [0.1, 0.15) is 0 Å². The van der Waals surface area contributed by atoms with E-state index in [-0.39, 0.29) is 12.5 Å². The molecule has 0 aromatic heterocycles. The molecule has 0 saturated heterocycles. The number of nitro benzene ring substituents is 1. The molecule has 0 radical (unpaired) electrons. The van der Waals surface area contributed by atoms with E-state index in [0.29, 0.717) is 17.3 Å². The van der Waals surface area contributed by atoms with E-state index in [1.807, 2.05) is 24.3 Å². The highest BCUT2D eigenvalue weighted by Gasteiger charge is 2.14. The zero-order valence-corrected chi connectivity index (χ0v) is 13.4. The largest absolute Gasteiger partial charge is 0.376 e. The van der Waals surface area contributed by atoms with Crippen LogP contribution in [0.2, 0.25) is 0 Å². The summed E-state index contributed by atoms with van der Waals surface area (Å²) in [7, 11) is 0. The van der Waals surface area contributed by atoms with E-state index in [1.54, 1.807) is 0 Å². The molecule has 2 rings (SSSR count). The molecule has 2 aromatic carbocycles. The summed E-state index contributed by atoms with van der Waals surface area (Å²) in [6.45, 7) is 4.08. The summed E-state index contributed by atoms with van der Waals surface area (Å²) in [4.78, 5) is 21.8. The smallest absolute Gasteiger partial charge is 0.306 e. The van der Waals surface area contributed by atoms with E-state index in [1.165, 1.54) is 11.6 Å². The highest BCUT2D eigenvalue weighted by atomic mass is 19.1. The Morgan fingerprint density at radius 2 is 1.79 bits per heavy atom. The topological polar surface area (TPSA) is 84.3 Å². The number of rotatable bonds is 6. The molecule has 0 aliphatic heterocycles. The van der Waals surface area contributed by atoms with E-state index in [0.717, 1.165) is 12.1 Å². The van der Waals surface area contributed by atoms with Gasteiger partial charge in [-0.3, -0.25) is 14.9 Å². The van der Waals surface area contributed by atoms with Crippen molar-refractivity contribution in [1.29, 1.82) is 0 Å². The maximum atomic E-state index is 13.2. The molecule has 0 fully saturated rings. The van der Waals surface area contributed by atoms with Gasteiger partial charge in [-0.05, 0) is 35.7 Å². The predicted octanol–water partition coefficient (Wildman–Crippen LogP) is 3.91. The first kappa shape index (κ1) is 17.4. The predicted molar refractivity (Wildman–Crippen MR) is 90.7 cm³/mol. The van der Waals surface area contributed by atoms with Crippen molar-refractivity contribution < 1.29 is 14.1 Å². The fourth-order valence-corrected chi connectivity index (χ4v) is 2.10. The lowest BCUT2D eigenvalue weighted by Gasteiger charge is -2.10. The monoisotopic (exact) mass is 331 g/mol. The molecule has 1 amide bonds. The van der Waals surface area contributed by atoms with Crippen LogP contribution in [0.15, 0.2) is 42.5 Å². The average Bonchev–Trinajstić information content (AvgIpc) is 2.54. The summed E-state index contributed by atoms with van der Waals surface area (Å²) in [6.07, 6.45) is 0. The van der Waals surface area contributed by atoms with Crippen molar-refractivity contribution in [3.63, 3.8) is 0 Å². The van der Waals surface area contributed by atoms with E-state index < -0.39 is 16.4 Å². The highest BCUT2D eigenvalue weighted by molar-refractivity contribution is 5.93. The molecule has 0 bridgehead atoms. The van der Waals surface area contributed by atoms with Gasteiger partial charge >= 0.3 is 5.69 Å². The van der Waals surface area contributed by atoms with Crippen molar-refractivity contribution in [2.24, 2.45) is 0 Å². The second kappa shape index (κ2) is 7.54. The first-order chi connectivity index (χ1) is 11.4. The zero-order valence-electron chi connectivity index (χ0n) is 13.4. The van der Waals surface area contributed by atoms with Gasteiger partial charge in [0.15, 0.2) is 0 Å². The average molecular weight is 331 g/mol. The Morgan fingerprint density at radius 1 is 1.17 bits per heavy atom. The van der Waals surface area contributed by atoms with Gasteiger partial charge in [-0.15, -0.1) is 0 Å². The molecule has 0 atom stereocenters. The van der Waals surface area contributed by atoms with Gasteiger partial charge in [-0.1, -0.05) is 26.0 Å². The van der Waals surface area contributed by atoms with Crippen LogP contribution >= 0.6 is 0 Å². The maximum absolute atomic E-state index is 13.2. The molecule has 0 heterocycles. The Kier molecular flexibility index (Phi) is 5.47. The van der Waals surface area contributed by atoms with Crippen molar-refractivity contribution >= 4 is 23.0 Å². The van der Waals surface area contributed by atoms with Crippen LogP contribution in [0.25, 0.3) is 0 Å². The molecule has 7 heteroatoms. The Morgan fingerprint density at radius 3 is 2.38 bits per heavy atom. The van der Waals surface area contributed by atoms with Crippen molar-refractivity contribution in [2.45, 2.75) is 19.8 Å². The van der Waals surface area contributed by atoms with Gasteiger partial charge in [0.25, 0.3) is 0 Å². The number of carbonyl (C=O) groups is 1. The number of amides is 1. The summed E-state index contributed by atoms with van der Waals surface area (Å²) in [5.41, 5.74) is 1.50. The lowest BCUT2D eigenvalue weighted by Crippen LogP contribution is -2.21. The minimum Gasteiger partial charge on any atom is -0.376 e. The molecular weight excluding hydrogens is 313 g/mol. The Hall–Kier alpha value is -2.96. The summed E-state index contributed by atoms with van der Waals surface area (Å²) in [6, 6.07) is 10.9. The van der Waals surface area contributed by atoms with Gasteiger partial charge in [-0.2, -0.15) is 4.39 Å². The van der Waals surface area contributed by atoms with E-state index >= 15 is 0 Å². The second-order valence-corrected chi connectivity index (χ2v) is 5.60. The lowest BCUT2D eigenvalue weighted by atomic mass is 10.0. The molecule has 6 nitrogen and oxygen atoms in total. The van der Waals surface area contributed by atoms with Crippen molar-refractivity contribution in [3.05, 3.63) is 64.0 Å². The molecule has 24 heavy (non-hydrogen) atoms. The summed E-state index contributed by atoms with van der Waals surface area (Å²) in [5, 5.41) is 16.1. The van der Waals surface area contributed by atoms with Gasteiger partial charge in [-0.25, -0.2) is 0 Å². The molecule has 0 aliphatic carbocycles. The fraction of sp³-hybridized carbons (Fsp3) is 0.235. The molecule has 126 valence electrons. The normalized spacial score (nSPS) is 10.5. The number of benzene rings is 2. The highest BCUT2D eigenvalue weighted by Crippen LogP contribution is 2.21. The number of nitro groups is 1. The van der Waals surface area contributed by atoms with Crippen LogP contribution < -0.4 is 10.6 Å². The molecule has 0 spiro atoms. The first-order valence-electron chi connectivity index (χ1n) is 7.44.